The molecule has 4 rings (SSSR count). The third-order valence-electron chi connectivity index (χ3n) is 4.95. The summed E-state index contributed by atoms with van der Waals surface area (Å²) in [7, 11) is -3.83. The number of rotatable bonds is 4. The number of sulfonamides is 1. The summed E-state index contributed by atoms with van der Waals surface area (Å²) in [6.45, 7) is 3.39. The fourth-order valence-corrected chi connectivity index (χ4v) is 5.48. The number of halogens is 1. The molecule has 29 heavy (non-hydrogen) atoms. The lowest BCUT2D eigenvalue weighted by Crippen LogP contribution is -2.37. The molecule has 0 saturated heterocycles. The maximum absolute atomic E-state index is 13.2. The smallest absolute Gasteiger partial charge is 0.356 e. The highest BCUT2D eigenvalue weighted by Gasteiger charge is 2.36. The average Bonchev–Trinajstić information content (AvgIpc) is 3.22. The summed E-state index contributed by atoms with van der Waals surface area (Å²) in [6.07, 6.45) is 0.327. The second-order valence-electron chi connectivity index (χ2n) is 6.82. The van der Waals surface area contributed by atoms with Crippen LogP contribution in [0.2, 0.25) is 5.02 Å². The predicted molar refractivity (Wildman–Crippen MR) is 105 cm³/mol. The minimum atomic E-state index is -3.83. The Morgan fingerprint density at radius 1 is 1.24 bits per heavy atom. The van der Waals surface area contributed by atoms with Gasteiger partial charge in [0.2, 0.25) is 10.0 Å². The summed E-state index contributed by atoms with van der Waals surface area (Å²) in [5.74, 6) is -1.20. The lowest BCUT2D eigenvalue weighted by atomic mass is 10.1. The van der Waals surface area contributed by atoms with E-state index in [9.17, 15) is 18.3 Å². The average molecular weight is 436 g/mol. The van der Waals surface area contributed by atoms with E-state index in [1.54, 1.807) is 42.8 Å². The number of carbonyl (C=O) groups is 1. The molecular weight excluding hydrogens is 418 g/mol. The molecule has 0 bridgehead atoms. The number of nitrogens with one attached hydrogen (secondary N) is 1. The summed E-state index contributed by atoms with van der Waals surface area (Å²) in [5, 5.41) is 21.1. The molecule has 3 heterocycles. The summed E-state index contributed by atoms with van der Waals surface area (Å²) >= 11 is 5.94. The molecule has 0 aliphatic carbocycles. The molecule has 3 aromatic rings. The molecule has 0 saturated carbocycles. The van der Waals surface area contributed by atoms with E-state index in [0.717, 1.165) is 0 Å². The first kappa shape index (κ1) is 19.6. The Labute approximate surface area is 172 Å². The van der Waals surface area contributed by atoms with Crippen molar-refractivity contribution >= 4 is 27.6 Å². The Morgan fingerprint density at radius 3 is 2.52 bits per heavy atom. The normalized spacial score (nSPS) is 14.7. The summed E-state index contributed by atoms with van der Waals surface area (Å²) in [5.41, 5.74) is 2.40. The number of aromatic carboxylic acids is 1. The van der Waals surface area contributed by atoms with Crippen molar-refractivity contribution in [2.75, 3.05) is 6.54 Å². The van der Waals surface area contributed by atoms with E-state index in [2.05, 4.69) is 15.3 Å². The minimum Gasteiger partial charge on any atom is -0.476 e. The van der Waals surface area contributed by atoms with Gasteiger partial charge in [0.05, 0.1) is 22.8 Å². The first-order chi connectivity index (χ1) is 13.7. The van der Waals surface area contributed by atoms with E-state index in [1.807, 2.05) is 0 Å². The van der Waals surface area contributed by atoms with E-state index in [1.165, 1.54) is 4.31 Å². The monoisotopic (exact) mass is 435 g/mol. The van der Waals surface area contributed by atoms with Crippen molar-refractivity contribution in [2.24, 2.45) is 0 Å². The van der Waals surface area contributed by atoms with Crippen molar-refractivity contribution in [1.82, 2.24) is 24.3 Å². The molecule has 1 aliphatic rings. The summed E-state index contributed by atoms with van der Waals surface area (Å²) < 4.78 is 29.2. The van der Waals surface area contributed by atoms with Gasteiger partial charge in [-0.15, -0.1) is 0 Å². The van der Waals surface area contributed by atoms with Gasteiger partial charge < -0.3 is 5.11 Å². The zero-order chi connectivity index (χ0) is 20.9. The molecule has 0 atom stereocenters. The number of nitrogens with zero attached hydrogens (tertiary/aromatic N) is 4. The van der Waals surface area contributed by atoms with Crippen LogP contribution in [0, 0.1) is 13.8 Å². The van der Waals surface area contributed by atoms with E-state index >= 15 is 0 Å². The molecule has 11 heteroatoms. The van der Waals surface area contributed by atoms with Crippen LogP contribution in [0.1, 0.15) is 33.1 Å². The first-order valence-electron chi connectivity index (χ1n) is 8.82. The molecule has 2 aromatic heterocycles. The van der Waals surface area contributed by atoms with Gasteiger partial charge in [-0.3, -0.25) is 5.10 Å². The number of hydrogen-bond acceptors (Lipinski definition) is 5. The van der Waals surface area contributed by atoms with Crippen LogP contribution in [0.4, 0.5) is 0 Å². The lowest BCUT2D eigenvalue weighted by Gasteiger charge is -2.27. The molecule has 0 radical (unpaired) electrons. The van der Waals surface area contributed by atoms with Crippen LogP contribution in [0.5, 0.6) is 0 Å². The highest BCUT2D eigenvalue weighted by Crippen LogP contribution is 2.30. The van der Waals surface area contributed by atoms with Crippen molar-refractivity contribution in [1.29, 1.82) is 0 Å². The summed E-state index contributed by atoms with van der Waals surface area (Å²) in [4.78, 5) is 11.9. The van der Waals surface area contributed by atoms with Crippen molar-refractivity contribution in [3.8, 4) is 5.69 Å². The van der Waals surface area contributed by atoms with Crippen molar-refractivity contribution in [3.05, 3.63) is 57.6 Å². The van der Waals surface area contributed by atoms with Gasteiger partial charge in [0.1, 0.15) is 4.90 Å². The fraction of sp³-hybridized carbons (Fsp3) is 0.278. The minimum absolute atomic E-state index is 0.0725. The standard InChI is InChI=1S/C18H18ClN5O4S/c1-10-17(11(2)21-20-10)29(27,28)23-8-7-15-14(9-23)16(18(25)26)22-24(15)13-5-3-12(19)4-6-13/h3-6H,7-9H2,1-2H3,(H,20,21)(H,25,26). The van der Waals surface area contributed by atoms with Gasteiger partial charge in [0.25, 0.3) is 0 Å². The predicted octanol–water partition coefficient (Wildman–Crippen LogP) is 2.31. The Hall–Kier alpha value is -2.69. The van der Waals surface area contributed by atoms with Crippen LogP contribution < -0.4 is 0 Å². The fourth-order valence-electron chi connectivity index (χ4n) is 3.62. The number of carboxylic acids is 1. The van der Waals surface area contributed by atoms with E-state index in [0.29, 0.717) is 39.8 Å². The number of aromatic nitrogens is 4. The Balaban J connectivity index is 1.78. The number of hydrogen-bond donors (Lipinski definition) is 2. The maximum Gasteiger partial charge on any atom is 0.356 e. The largest absolute Gasteiger partial charge is 0.476 e. The van der Waals surface area contributed by atoms with Gasteiger partial charge in [0.15, 0.2) is 5.69 Å². The number of fused-ring (bicyclic) bond motifs is 1. The third-order valence-corrected chi connectivity index (χ3v) is 7.32. The number of aryl methyl sites for hydroxylation is 2. The molecule has 0 amide bonds. The van der Waals surface area contributed by atoms with E-state index < -0.39 is 16.0 Å². The van der Waals surface area contributed by atoms with Gasteiger partial charge >= 0.3 is 5.97 Å². The van der Waals surface area contributed by atoms with Gasteiger partial charge in [-0.25, -0.2) is 17.9 Å². The van der Waals surface area contributed by atoms with Crippen LogP contribution in [-0.2, 0) is 23.0 Å². The Bertz CT molecular complexity index is 1190. The van der Waals surface area contributed by atoms with Crippen molar-refractivity contribution in [2.45, 2.75) is 31.7 Å². The third kappa shape index (κ3) is 3.22. The van der Waals surface area contributed by atoms with Crippen LogP contribution >= 0.6 is 11.6 Å². The van der Waals surface area contributed by atoms with Gasteiger partial charge in [-0.05, 0) is 38.1 Å². The van der Waals surface area contributed by atoms with Crippen LogP contribution in [0.3, 0.4) is 0 Å². The van der Waals surface area contributed by atoms with Crippen molar-refractivity contribution < 1.29 is 18.3 Å². The Morgan fingerprint density at radius 2 is 1.93 bits per heavy atom. The number of benzene rings is 1. The molecule has 1 aromatic carbocycles. The quantitative estimate of drug-likeness (QED) is 0.648. The van der Waals surface area contributed by atoms with Gasteiger partial charge in [-0.1, -0.05) is 11.6 Å². The topological polar surface area (TPSA) is 121 Å². The van der Waals surface area contributed by atoms with Crippen LogP contribution in [0.15, 0.2) is 29.2 Å². The molecule has 0 fully saturated rings. The Kier molecular flexibility index (Phi) is 4.72. The molecule has 0 unspecified atom stereocenters. The lowest BCUT2D eigenvalue weighted by molar-refractivity contribution is 0.0688. The molecule has 2 N–H and O–H groups in total. The van der Waals surface area contributed by atoms with E-state index in [4.69, 9.17) is 11.6 Å². The number of carboxylic acid groups (broad SMARTS) is 1. The molecule has 1 aliphatic heterocycles. The highest BCUT2D eigenvalue weighted by atomic mass is 35.5. The second-order valence-corrected chi connectivity index (χ2v) is 9.13. The first-order valence-corrected chi connectivity index (χ1v) is 10.6. The summed E-state index contributed by atoms with van der Waals surface area (Å²) in [6, 6.07) is 6.86. The molecular formula is C18H18ClN5O4S. The number of H-pyrrole nitrogens is 1. The zero-order valence-corrected chi connectivity index (χ0v) is 17.3. The second kappa shape index (κ2) is 6.97. The molecule has 152 valence electrons. The number of aromatic amines is 1. The van der Waals surface area contributed by atoms with Gasteiger partial charge in [-0.2, -0.15) is 14.5 Å². The zero-order valence-electron chi connectivity index (χ0n) is 15.7. The van der Waals surface area contributed by atoms with E-state index in [-0.39, 0.29) is 23.7 Å². The van der Waals surface area contributed by atoms with Crippen LogP contribution in [-0.4, -0.2) is 50.3 Å². The van der Waals surface area contributed by atoms with Crippen LogP contribution in [0.25, 0.3) is 5.69 Å². The maximum atomic E-state index is 13.2. The van der Waals surface area contributed by atoms with Gasteiger partial charge in [0, 0.05) is 30.1 Å². The SMILES string of the molecule is Cc1n[nH]c(C)c1S(=O)(=O)N1CCc2c(c(C(=O)O)nn2-c2ccc(Cl)cc2)C1. The highest BCUT2D eigenvalue weighted by molar-refractivity contribution is 7.89. The molecule has 9 nitrogen and oxygen atoms in total. The molecule has 0 spiro atoms. The van der Waals surface area contributed by atoms with Crippen molar-refractivity contribution in [3.63, 3.8) is 0 Å².